The van der Waals surface area contributed by atoms with Gasteiger partial charge in [0.05, 0.1) is 7.98 Å². The SMILES string of the molecule is [2H]c1cc2ccc1[C@H](CC(C)C)[C@@](C)(C(=O)NO)OC2. The molecule has 2 atom stereocenters. The molecule has 2 aliphatic heterocycles. The highest BCUT2D eigenvalue weighted by molar-refractivity contribution is 5.85. The molecule has 0 aliphatic carbocycles. The van der Waals surface area contributed by atoms with E-state index in [1.165, 1.54) is 0 Å². The van der Waals surface area contributed by atoms with Crippen molar-refractivity contribution in [3.8, 4) is 0 Å². The Labute approximate surface area is 115 Å². The summed E-state index contributed by atoms with van der Waals surface area (Å²) in [4.78, 5) is 12.1. The number of benzene rings is 1. The molecule has 19 heavy (non-hydrogen) atoms. The highest BCUT2D eigenvalue weighted by Gasteiger charge is 2.44. The number of hydroxylamine groups is 1. The van der Waals surface area contributed by atoms with Gasteiger partial charge in [0, 0.05) is 5.92 Å². The van der Waals surface area contributed by atoms with E-state index in [0.29, 0.717) is 18.4 Å². The quantitative estimate of drug-likeness (QED) is 0.651. The van der Waals surface area contributed by atoms with Gasteiger partial charge in [0.2, 0.25) is 0 Å². The van der Waals surface area contributed by atoms with Crippen LogP contribution >= 0.6 is 0 Å². The minimum atomic E-state index is -1.18. The van der Waals surface area contributed by atoms with Crippen LogP contribution in [0.15, 0.2) is 24.2 Å². The summed E-state index contributed by atoms with van der Waals surface area (Å²) in [7, 11) is 0. The van der Waals surface area contributed by atoms with Crippen LogP contribution in [0.3, 0.4) is 0 Å². The van der Waals surface area contributed by atoms with E-state index in [-0.39, 0.29) is 12.5 Å². The summed E-state index contributed by atoms with van der Waals surface area (Å²) >= 11 is 0. The van der Waals surface area contributed by atoms with Crippen molar-refractivity contribution >= 4 is 5.91 Å². The second-order valence-electron chi connectivity index (χ2n) is 5.67. The van der Waals surface area contributed by atoms with E-state index in [2.05, 4.69) is 13.8 Å². The Balaban J connectivity index is 2.54. The first-order valence-electron chi connectivity index (χ1n) is 7.06. The first-order chi connectivity index (χ1) is 9.38. The van der Waals surface area contributed by atoms with Gasteiger partial charge in [0.1, 0.15) is 0 Å². The maximum absolute atomic E-state index is 12.1. The van der Waals surface area contributed by atoms with Crippen LogP contribution in [0.4, 0.5) is 0 Å². The van der Waals surface area contributed by atoms with Crippen molar-refractivity contribution in [3.05, 3.63) is 35.4 Å². The second-order valence-corrected chi connectivity index (χ2v) is 5.67. The Hall–Kier alpha value is -1.39. The van der Waals surface area contributed by atoms with Gasteiger partial charge >= 0.3 is 0 Å². The molecule has 2 heterocycles. The van der Waals surface area contributed by atoms with Crippen LogP contribution < -0.4 is 5.48 Å². The van der Waals surface area contributed by atoms with Crippen molar-refractivity contribution in [1.29, 1.82) is 0 Å². The molecular formula is C15H21NO3. The van der Waals surface area contributed by atoms with Gasteiger partial charge in [-0.05, 0) is 30.4 Å². The lowest BCUT2D eigenvalue weighted by atomic mass is 9.76. The van der Waals surface area contributed by atoms with Crippen LogP contribution in [0, 0.1) is 5.92 Å². The normalized spacial score (nSPS) is 26.8. The van der Waals surface area contributed by atoms with Crippen molar-refractivity contribution in [2.24, 2.45) is 5.92 Å². The van der Waals surface area contributed by atoms with Crippen LogP contribution in [0.25, 0.3) is 0 Å². The third-order valence-corrected chi connectivity index (χ3v) is 3.74. The zero-order valence-corrected chi connectivity index (χ0v) is 11.6. The smallest absolute Gasteiger partial charge is 0.275 e. The molecule has 1 aromatic carbocycles. The molecule has 1 amide bonds. The fourth-order valence-corrected chi connectivity index (χ4v) is 2.56. The van der Waals surface area contributed by atoms with Gasteiger partial charge in [0.15, 0.2) is 5.60 Å². The van der Waals surface area contributed by atoms with E-state index in [1.807, 2.05) is 12.1 Å². The fraction of sp³-hybridized carbons (Fsp3) is 0.533. The summed E-state index contributed by atoms with van der Waals surface area (Å²) in [6, 6.07) is 6.03. The van der Waals surface area contributed by atoms with E-state index < -0.39 is 11.5 Å². The lowest BCUT2D eigenvalue weighted by Gasteiger charge is -2.38. The van der Waals surface area contributed by atoms with Gasteiger partial charge in [-0.1, -0.05) is 38.1 Å². The molecule has 2 N–H and O–H groups in total. The molecule has 0 spiro atoms. The van der Waals surface area contributed by atoms with E-state index in [0.717, 1.165) is 11.1 Å². The number of carbonyl (C=O) groups excluding carboxylic acids is 1. The Morgan fingerprint density at radius 1 is 1.63 bits per heavy atom. The minimum Gasteiger partial charge on any atom is -0.360 e. The molecule has 0 radical (unpaired) electrons. The third kappa shape index (κ3) is 2.65. The molecule has 3 rings (SSSR count). The maximum Gasteiger partial charge on any atom is 0.275 e. The molecule has 0 aromatic heterocycles. The molecular weight excluding hydrogens is 242 g/mol. The predicted molar refractivity (Wildman–Crippen MR) is 71.8 cm³/mol. The Kier molecular flexibility index (Phi) is 3.53. The minimum absolute atomic E-state index is 0.255. The van der Waals surface area contributed by atoms with E-state index >= 15 is 0 Å². The summed E-state index contributed by atoms with van der Waals surface area (Å²) in [6.45, 7) is 6.06. The number of hydrogen-bond acceptors (Lipinski definition) is 3. The lowest BCUT2D eigenvalue weighted by molar-refractivity contribution is -0.160. The van der Waals surface area contributed by atoms with Gasteiger partial charge in [-0.2, -0.15) is 0 Å². The summed E-state index contributed by atoms with van der Waals surface area (Å²) < 4.78 is 14.0. The van der Waals surface area contributed by atoms with Crippen LogP contribution in [0.1, 0.15) is 45.6 Å². The number of ether oxygens (including phenoxy) is 1. The molecule has 4 nitrogen and oxygen atoms in total. The summed E-state index contributed by atoms with van der Waals surface area (Å²) in [6.07, 6.45) is 0.704. The van der Waals surface area contributed by atoms with E-state index in [9.17, 15) is 4.79 Å². The zero-order valence-electron chi connectivity index (χ0n) is 12.6. The monoisotopic (exact) mass is 264 g/mol. The van der Waals surface area contributed by atoms with Gasteiger partial charge in [-0.15, -0.1) is 0 Å². The number of amides is 1. The van der Waals surface area contributed by atoms with Crippen molar-refractivity contribution in [3.63, 3.8) is 0 Å². The summed E-state index contributed by atoms with van der Waals surface area (Å²) in [5.41, 5.74) is 2.18. The van der Waals surface area contributed by atoms with Gasteiger partial charge in [-0.3, -0.25) is 10.0 Å². The van der Waals surface area contributed by atoms with Crippen molar-refractivity contribution < 1.29 is 16.1 Å². The van der Waals surface area contributed by atoms with Gasteiger partial charge in [-0.25, -0.2) is 5.48 Å². The molecule has 4 heteroatoms. The number of hydrogen-bond donors (Lipinski definition) is 2. The Morgan fingerprint density at radius 3 is 2.95 bits per heavy atom. The van der Waals surface area contributed by atoms with E-state index in [4.69, 9.17) is 11.3 Å². The van der Waals surface area contributed by atoms with Crippen LogP contribution in [0.2, 0.25) is 0 Å². The largest absolute Gasteiger partial charge is 0.360 e. The molecule has 2 aliphatic rings. The molecule has 1 aromatic rings. The molecule has 2 bridgehead atoms. The van der Waals surface area contributed by atoms with Crippen LogP contribution in [0.5, 0.6) is 0 Å². The predicted octanol–water partition coefficient (Wildman–Crippen LogP) is 2.61. The van der Waals surface area contributed by atoms with Crippen LogP contribution in [-0.4, -0.2) is 16.7 Å². The maximum atomic E-state index is 12.1. The Morgan fingerprint density at radius 2 is 2.37 bits per heavy atom. The number of fused-ring (bicyclic) bond motifs is 5. The number of rotatable bonds is 3. The zero-order chi connectivity index (χ0) is 14.9. The van der Waals surface area contributed by atoms with Crippen molar-refractivity contribution in [2.75, 3.05) is 0 Å². The standard InChI is InChI=1S/C15H21NO3/c1-10(2)8-13-12-6-4-11(5-7-12)9-19-15(13,3)14(17)16-18/h4-7,10,13,18H,8-9H2,1-3H3,(H,16,17)/t13-,15-/m0/s1/i6D. The fourth-order valence-electron chi connectivity index (χ4n) is 2.56. The summed E-state index contributed by atoms with van der Waals surface area (Å²) in [5, 5.41) is 9.03. The van der Waals surface area contributed by atoms with E-state index in [1.54, 1.807) is 18.5 Å². The number of carbonyl (C=O) groups is 1. The van der Waals surface area contributed by atoms with Gasteiger partial charge < -0.3 is 4.74 Å². The molecule has 104 valence electrons. The first-order valence-corrected chi connectivity index (χ1v) is 6.56. The summed E-state index contributed by atoms with van der Waals surface area (Å²) in [5.74, 6) is -0.491. The molecule has 0 saturated heterocycles. The molecule has 0 fully saturated rings. The molecule has 0 saturated carbocycles. The average molecular weight is 264 g/mol. The number of nitrogens with one attached hydrogen (secondary N) is 1. The van der Waals surface area contributed by atoms with Crippen molar-refractivity contribution in [2.45, 2.75) is 45.3 Å². The van der Waals surface area contributed by atoms with Crippen molar-refractivity contribution in [1.82, 2.24) is 5.48 Å². The third-order valence-electron chi connectivity index (χ3n) is 3.74. The lowest BCUT2D eigenvalue weighted by Crippen LogP contribution is -2.50. The second kappa shape index (κ2) is 5.31. The average Bonchev–Trinajstić information content (AvgIpc) is 2.40. The van der Waals surface area contributed by atoms with Gasteiger partial charge in [0.25, 0.3) is 5.91 Å². The Bertz CT molecular complexity index is 518. The highest BCUT2D eigenvalue weighted by Crippen LogP contribution is 2.39. The highest BCUT2D eigenvalue weighted by atomic mass is 16.5. The topological polar surface area (TPSA) is 58.6 Å². The van der Waals surface area contributed by atoms with Crippen LogP contribution in [-0.2, 0) is 16.1 Å². The first kappa shape index (κ1) is 12.6. The molecule has 0 unspecified atom stereocenters.